The van der Waals surface area contributed by atoms with E-state index >= 15 is 0 Å². The first-order valence-corrected chi connectivity index (χ1v) is 9.91. The molecule has 0 bridgehead atoms. The Hall–Kier alpha value is -0.650. The lowest BCUT2D eigenvalue weighted by atomic mass is 10.0. The molecule has 140 valence electrons. The molecule has 0 aliphatic carbocycles. The van der Waals surface area contributed by atoms with Gasteiger partial charge in [0, 0.05) is 19.5 Å². The lowest BCUT2D eigenvalue weighted by molar-refractivity contribution is -0.135. The summed E-state index contributed by atoms with van der Waals surface area (Å²) in [6, 6.07) is 0. The van der Waals surface area contributed by atoms with E-state index in [9.17, 15) is 4.79 Å². The Kier molecular flexibility index (Phi) is 10.4. The van der Waals surface area contributed by atoms with E-state index in [-0.39, 0.29) is 0 Å². The molecule has 2 heterocycles. The fourth-order valence-electron chi connectivity index (χ4n) is 3.38. The number of carbonyl (C=O) groups is 1. The average molecular weight is 341 g/mol. The van der Waals surface area contributed by atoms with Crippen LogP contribution >= 0.6 is 0 Å². The highest BCUT2D eigenvalue weighted by atomic mass is 16.6. The molecule has 2 aliphatic rings. The largest absolute Gasteiger partial charge is 0.378 e. The number of rotatable bonds is 11. The van der Waals surface area contributed by atoms with Crippen molar-refractivity contribution in [3.05, 3.63) is 0 Å². The standard InChI is InChI=1S/C19H35NO4/c21-19(20-11-13-22-14-12-20)10-8-6-4-2-1-3-5-7-9-18-17-23-15-16-24-18/h18H,1-17H2/t18-/m0/s1. The van der Waals surface area contributed by atoms with Crippen LogP contribution in [0.5, 0.6) is 0 Å². The molecular weight excluding hydrogens is 306 g/mol. The first-order chi connectivity index (χ1) is 11.9. The van der Waals surface area contributed by atoms with Gasteiger partial charge in [-0.25, -0.2) is 0 Å². The first kappa shape index (κ1) is 19.7. The quantitative estimate of drug-likeness (QED) is 0.542. The van der Waals surface area contributed by atoms with Crippen LogP contribution in [-0.4, -0.2) is 63.0 Å². The highest BCUT2D eigenvalue weighted by Gasteiger charge is 2.16. The van der Waals surface area contributed by atoms with Crippen LogP contribution in [0.4, 0.5) is 0 Å². The molecule has 0 spiro atoms. The summed E-state index contributed by atoms with van der Waals surface area (Å²) in [4.78, 5) is 13.9. The summed E-state index contributed by atoms with van der Waals surface area (Å²) in [6.07, 6.45) is 12.2. The van der Waals surface area contributed by atoms with Gasteiger partial charge in [-0.15, -0.1) is 0 Å². The molecular formula is C19H35NO4. The van der Waals surface area contributed by atoms with Crippen LogP contribution in [0.25, 0.3) is 0 Å². The lowest BCUT2D eigenvalue weighted by Crippen LogP contribution is -2.40. The van der Waals surface area contributed by atoms with Crippen molar-refractivity contribution in [3.63, 3.8) is 0 Å². The van der Waals surface area contributed by atoms with E-state index in [0.717, 1.165) is 45.8 Å². The van der Waals surface area contributed by atoms with Crippen LogP contribution in [-0.2, 0) is 19.0 Å². The van der Waals surface area contributed by atoms with Crippen LogP contribution in [0.15, 0.2) is 0 Å². The number of carbonyl (C=O) groups excluding carboxylic acids is 1. The highest BCUT2D eigenvalue weighted by molar-refractivity contribution is 5.76. The minimum atomic E-state index is 0.312. The molecule has 2 saturated heterocycles. The third-order valence-corrected chi connectivity index (χ3v) is 4.92. The minimum absolute atomic E-state index is 0.312. The van der Waals surface area contributed by atoms with Crippen molar-refractivity contribution in [2.24, 2.45) is 0 Å². The second-order valence-corrected chi connectivity index (χ2v) is 6.93. The maximum Gasteiger partial charge on any atom is 0.222 e. The molecule has 0 N–H and O–H groups in total. The van der Waals surface area contributed by atoms with E-state index in [4.69, 9.17) is 14.2 Å². The molecule has 5 heteroatoms. The van der Waals surface area contributed by atoms with Gasteiger partial charge in [0.05, 0.1) is 39.1 Å². The Bertz CT molecular complexity index is 325. The summed E-state index contributed by atoms with van der Waals surface area (Å²) in [6.45, 7) is 5.25. The topological polar surface area (TPSA) is 48.0 Å². The number of ether oxygens (including phenoxy) is 3. The molecule has 1 atom stereocenters. The van der Waals surface area contributed by atoms with Crippen LogP contribution in [0.1, 0.15) is 64.2 Å². The second kappa shape index (κ2) is 12.7. The maximum atomic E-state index is 12.0. The number of morpholine rings is 1. The molecule has 0 saturated carbocycles. The van der Waals surface area contributed by atoms with Gasteiger partial charge in [-0.3, -0.25) is 4.79 Å². The van der Waals surface area contributed by atoms with Crippen molar-refractivity contribution in [2.45, 2.75) is 70.3 Å². The Balaban J connectivity index is 1.32. The van der Waals surface area contributed by atoms with Gasteiger partial charge in [-0.2, -0.15) is 0 Å². The van der Waals surface area contributed by atoms with Crippen molar-refractivity contribution in [1.29, 1.82) is 0 Å². The molecule has 2 aliphatic heterocycles. The normalized spacial score (nSPS) is 21.8. The van der Waals surface area contributed by atoms with E-state index in [0.29, 0.717) is 31.6 Å². The Morgan fingerprint density at radius 3 is 2.12 bits per heavy atom. The molecule has 0 unspecified atom stereocenters. The van der Waals surface area contributed by atoms with Gasteiger partial charge < -0.3 is 19.1 Å². The highest BCUT2D eigenvalue weighted by Crippen LogP contribution is 2.14. The van der Waals surface area contributed by atoms with Gasteiger partial charge in [0.1, 0.15) is 0 Å². The summed E-state index contributed by atoms with van der Waals surface area (Å²) in [5.41, 5.74) is 0. The SMILES string of the molecule is O=C(CCCCCCCCCC[C@H]1COCCO1)N1CCOCC1. The summed E-state index contributed by atoms with van der Waals surface area (Å²) in [5.74, 6) is 0.312. The van der Waals surface area contributed by atoms with Crippen molar-refractivity contribution < 1.29 is 19.0 Å². The second-order valence-electron chi connectivity index (χ2n) is 6.93. The Morgan fingerprint density at radius 1 is 0.792 bits per heavy atom. The number of unbranched alkanes of at least 4 members (excludes halogenated alkanes) is 7. The van der Waals surface area contributed by atoms with E-state index in [1.54, 1.807) is 0 Å². The number of nitrogens with zero attached hydrogens (tertiary/aromatic N) is 1. The third kappa shape index (κ3) is 8.45. The van der Waals surface area contributed by atoms with Gasteiger partial charge in [-0.1, -0.05) is 44.9 Å². The van der Waals surface area contributed by atoms with E-state index < -0.39 is 0 Å². The summed E-state index contributed by atoms with van der Waals surface area (Å²) in [7, 11) is 0. The van der Waals surface area contributed by atoms with Crippen LogP contribution < -0.4 is 0 Å². The summed E-state index contributed by atoms with van der Waals surface area (Å²) >= 11 is 0. The van der Waals surface area contributed by atoms with Gasteiger partial charge in [0.25, 0.3) is 0 Å². The predicted molar refractivity (Wildman–Crippen MR) is 94.1 cm³/mol. The zero-order valence-electron chi connectivity index (χ0n) is 15.2. The smallest absolute Gasteiger partial charge is 0.222 e. The maximum absolute atomic E-state index is 12.0. The fraction of sp³-hybridized carbons (Fsp3) is 0.947. The van der Waals surface area contributed by atoms with Crippen molar-refractivity contribution in [1.82, 2.24) is 4.90 Å². The van der Waals surface area contributed by atoms with E-state index in [2.05, 4.69) is 0 Å². The number of amides is 1. The Morgan fingerprint density at radius 2 is 1.46 bits per heavy atom. The predicted octanol–water partition coefficient (Wildman–Crippen LogP) is 3.16. The van der Waals surface area contributed by atoms with E-state index in [1.165, 1.54) is 44.9 Å². The van der Waals surface area contributed by atoms with Crippen molar-refractivity contribution in [2.75, 3.05) is 46.1 Å². The minimum Gasteiger partial charge on any atom is -0.378 e. The van der Waals surface area contributed by atoms with E-state index in [1.807, 2.05) is 4.90 Å². The zero-order valence-corrected chi connectivity index (χ0v) is 15.2. The number of hydrogen-bond donors (Lipinski definition) is 0. The van der Waals surface area contributed by atoms with Crippen molar-refractivity contribution >= 4 is 5.91 Å². The van der Waals surface area contributed by atoms with Crippen LogP contribution in [0, 0.1) is 0 Å². The summed E-state index contributed by atoms with van der Waals surface area (Å²) in [5, 5.41) is 0. The first-order valence-electron chi connectivity index (χ1n) is 9.91. The number of hydrogen-bond acceptors (Lipinski definition) is 4. The lowest BCUT2D eigenvalue weighted by Gasteiger charge is -2.26. The molecule has 1 amide bonds. The Labute approximate surface area is 147 Å². The molecule has 0 aromatic rings. The molecule has 24 heavy (non-hydrogen) atoms. The molecule has 0 radical (unpaired) electrons. The van der Waals surface area contributed by atoms with Gasteiger partial charge in [0.15, 0.2) is 0 Å². The fourth-order valence-corrected chi connectivity index (χ4v) is 3.38. The van der Waals surface area contributed by atoms with Gasteiger partial charge in [0.2, 0.25) is 5.91 Å². The monoisotopic (exact) mass is 341 g/mol. The third-order valence-electron chi connectivity index (χ3n) is 4.92. The van der Waals surface area contributed by atoms with Crippen LogP contribution in [0.2, 0.25) is 0 Å². The zero-order chi connectivity index (χ0) is 16.9. The molecule has 5 nitrogen and oxygen atoms in total. The van der Waals surface area contributed by atoms with Gasteiger partial charge in [-0.05, 0) is 12.8 Å². The molecule has 2 fully saturated rings. The van der Waals surface area contributed by atoms with Crippen molar-refractivity contribution in [3.8, 4) is 0 Å². The average Bonchev–Trinajstić information content (AvgIpc) is 2.64. The summed E-state index contributed by atoms with van der Waals surface area (Å²) < 4.78 is 16.3. The molecule has 0 aromatic heterocycles. The van der Waals surface area contributed by atoms with Crippen LogP contribution in [0.3, 0.4) is 0 Å². The van der Waals surface area contributed by atoms with Gasteiger partial charge >= 0.3 is 0 Å². The molecule has 2 rings (SSSR count). The molecule has 0 aromatic carbocycles.